The Kier molecular flexibility index (Phi) is 6.33. The molecule has 0 aromatic heterocycles. The molecule has 0 saturated carbocycles. The van der Waals surface area contributed by atoms with Crippen molar-refractivity contribution in [2.24, 2.45) is 0 Å². The quantitative estimate of drug-likeness (QED) is 0.652. The number of aryl methyl sites for hydroxylation is 1. The van der Waals surface area contributed by atoms with Crippen molar-refractivity contribution in [3.8, 4) is 11.5 Å². The molecule has 4 nitrogen and oxygen atoms in total. The molecule has 3 aromatic carbocycles. The van der Waals surface area contributed by atoms with Crippen LogP contribution in [0.5, 0.6) is 11.5 Å². The van der Waals surface area contributed by atoms with Crippen molar-refractivity contribution in [1.29, 1.82) is 0 Å². The van der Waals surface area contributed by atoms with Gasteiger partial charge in [-0.1, -0.05) is 54.6 Å². The largest absolute Gasteiger partial charge is 0.497 e. The smallest absolute Gasteiger partial charge is 0.261 e. The second-order valence-corrected chi connectivity index (χ2v) is 6.64. The van der Waals surface area contributed by atoms with Gasteiger partial charge in [0.2, 0.25) is 0 Å². The number of carbonyl (C=O) groups excluding carboxylic acids is 1. The third-order valence-corrected chi connectivity index (χ3v) is 4.66. The Morgan fingerprint density at radius 3 is 2.11 bits per heavy atom. The first-order chi connectivity index (χ1) is 13.6. The van der Waals surface area contributed by atoms with Gasteiger partial charge in [-0.15, -0.1) is 0 Å². The van der Waals surface area contributed by atoms with E-state index in [0.717, 1.165) is 22.4 Å². The monoisotopic (exact) mass is 375 g/mol. The topological polar surface area (TPSA) is 47.6 Å². The number of benzene rings is 3. The third kappa shape index (κ3) is 4.71. The van der Waals surface area contributed by atoms with E-state index in [9.17, 15) is 4.79 Å². The van der Waals surface area contributed by atoms with E-state index in [0.29, 0.717) is 5.75 Å². The van der Waals surface area contributed by atoms with Gasteiger partial charge in [-0.05, 0) is 54.8 Å². The molecule has 28 heavy (non-hydrogen) atoms. The van der Waals surface area contributed by atoms with Crippen LogP contribution in [0.25, 0.3) is 0 Å². The summed E-state index contributed by atoms with van der Waals surface area (Å²) in [5, 5.41) is 3.14. The average molecular weight is 375 g/mol. The highest BCUT2D eigenvalue weighted by Crippen LogP contribution is 2.25. The number of methoxy groups -OCH3 is 1. The van der Waals surface area contributed by atoms with Crippen LogP contribution in [-0.4, -0.2) is 19.1 Å². The summed E-state index contributed by atoms with van der Waals surface area (Å²) in [5.41, 5.74) is 3.22. The van der Waals surface area contributed by atoms with Crippen LogP contribution in [0.15, 0.2) is 78.9 Å². The van der Waals surface area contributed by atoms with Gasteiger partial charge in [0.05, 0.1) is 13.2 Å². The van der Waals surface area contributed by atoms with Crippen molar-refractivity contribution >= 4 is 5.91 Å². The molecule has 4 heteroatoms. The minimum atomic E-state index is -0.636. The molecule has 3 rings (SSSR count). The standard InChI is InChI=1S/C24H25NO3/c1-17-9-7-8-12-22(17)23(19-10-5-4-6-11-19)25-24(26)18(2)28-21-15-13-20(27-3)14-16-21/h4-16,18,23H,1-3H3,(H,25,26)/t18-,23+/m0/s1. The van der Waals surface area contributed by atoms with Gasteiger partial charge < -0.3 is 14.8 Å². The molecular formula is C24H25NO3. The summed E-state index contributed by atoms with van der Waals surface area (Å²) in [6.45, 7) is 3.80. The van der Waals surface area contributed by atoms with Crippen LogP contribution in [0, 0.1) is 6.92 Å². The lowest BCUT2D eigenvalue weighted by Crippen LogP contribution is -2.39. The highest BCUT2D eigenvalue weighted by molar-refractivity contribution is 5.81. The minimum Gasteiger partial charge on any atom is -0.497 e. The Morgan fingerprint density at radius 1 is 0.857 bits per heavy atom. The first kappa shape index (κ1) is 19.5. The molecule has 0 heterocycles. The van der Waals surface area contributed by atoms with Gasteiger partial charge in [0.25, 0.3) is 5.91 Å². The summed E-state index contributed by atoms with van der Waals surface area (Å²) in [6, 6.07) is 25.0. The minimum absolute atomic E-state index is 0.173. The number of carbonyl (C=O) groups is 1. The molecule has 0 saturated heterocycles. The first-order valence-electron chi connectivity index (χ1n) is 9.30. The van der Waals surface area contributed by atoms with Crippen molar-refractivity contribution < 1.29 is 14.3 Å². The molecule has 0 fully saturated rings. The van der Waals surface area contributed by atoms with E-state index < -0.39 is 6.10 Å². The van der Waals surface area contributed by atoms with E-state index in [-0.39, 0.29) is 11.9 Å². The molecule has 3 aromatic rings. The van der Waals surface area contributed by atoms with Crippen LogP contribution in [0.1, 0.15) is 29.7 Å². The first-order valence-corrected chi connectivity index (χ1v) is 9.30. The van der Waals surface area contributed by atoms with Gasteiger partial charge in [0.15, 0.2) is 6.10 Å². The van der Waals surface area contributed by atoms with E-state index in [4.69, 9.17) is 9.47 Å². The zero-order chi connectivity index (χ0) is 19.9. The lowest BCUT2D eigenvalue weighted by molar-refractivity contribution is -0.127. The molecule has 1 amide bonds. The van der Waals surface area contributed by atoms with Gasteiger partial charge in [-0.2, -0.15) is 0 Å². The normalized spacial score (nSPS) is 12.7. The third-order valence-electron chi connectivity index (χ3n) is 4.66. The van der Waals surface area contributed by atoms with Gasteiger partial charge in [0.1, 0.15) is 11.5 Å². The van der Waals surface area contributed by atoms with E-state index in [1.54, 1.807) is 38.3 Å². The maximum atomic E-state index is 12.9. The fourth-order valence-corrected chi connectivity index (χ4v) is 3.07. The van der Waals surface area contributed by atoms with Crippen LogP contribution in [-0.2, 0) is 4.79 Å². The number of rotatable bonds is 7. The van der Waals surface area contributed by atoms with Gasteiger partial charge in [0, 0.05) is 0 Å². The zero-order valence-electron chi connectivity index (χ0n) is 16.4. The number of amides is 1. The molecule has 0 spiro atoms. The highest BCUT2D eigenvalue weighted by atomic mass is 16.5. The fraction of sp³-hybridized carbons (Fsp3) is 0.208. The Bertz CT molecular complexity index is 907. The van der Waals surface area contributed by atoms with E-state index in [1.165, 1.54) is 0 Å². The number of hydrogen-bond donors (Lipinski definition) is 1. The maximum absolute atomic E-state index is 12.9. The summed E-state index contributed by atoms with van der Waals surface area (Å²) in [6.07, 6.45) is -0.636. The van der Waals surface area contributed by atoms with Crippen molar-refractivity contribution in [3.05, 3.63) is 95.6 Å². The SMILES string of the molecule is COc1ccc(O[C@@H](C)C(=O)N[C@H](c2ccccc2)c2ccccc2C)cc1. The van der Waals surface area contributed by atoms with Crippen LogP contribution < -0.4 is 14.8 Å². The van der Waals surface area contributed by atoms with Gasteiger partial charge >= 0.3 is 0 Å². The molecule has 0 aliphatic rings. The predicted octanol–water partition coefficient (Wildman–Crippen LogP) is 4.68. The van der Waals surface area contributed by atoms with Crippen LogP contribution in [0.4, 0.5) is 0 Å². The summed E-state index contributed by atoms with van der Waals surface area (Å²) >= 11 is 0. The van der Waals surface area contributed by atoms with E-state index in [2.05, 4.69) is 18.3 Å². The molecule has 0 aliphatic heterocycles. The van der Waals surface area contributed by atoms with Crippen molar-refractivity contribution in [1.82, 2.24) is 5.32 Å². The zero-order valence-corrected chi connectivity index (χ0v) is 16.4. The molecular weight excluding hydrogens is 350 g/mol. The maximum Gasteiger partial charge on any atom is 0.261 e. The Labute approximate surface area is 166 Å². The fourth-order valence-electron chi connectivity index (χ4n) is 3.07. The molecule has 0 unspecified atom stereocenters. The molecule has 0 aliphatic carbocycles. The highest BCUT2D eigenvalue weighted by Gasteiger charge is 2.22. The number of hydrogen-bond acceptors (Lipinski definition) is 3. The Balaban J connectivity index is 1.78. The summed E-state index contributed by atoms with van der Waals surface area (Å²) in [5.74, 6) is 1.19. The van der Waals surface area contributed by atoms with Crippen molar-refractivity contribution in [2.45, 2.75) is 26.0 Å². The van der Waals surface area contributed by atoms with Gasteiger partial charge in [-0.25, -0.2) is 0 Å². The summed E-state index contributed by atoms with van der Waals surface area (Å²) < 4.78 is 11.0. The second-order valence-electron chi connectivity index (χ2n) is 6.64. The predicted molar refractivity (Wildman–Crippen MR) is 111 cm³/mol. The molecule has 144 valence electrons. The van der Waals surface area contributed by atoms with Crippen molar-refractivity contribution in [3.63, 3.8) is 0 Å². The average Bonchev–Trinajstić information content (AvgIpc) is 2.73. The van der Waals surface area contributed by atoms with E-state index >= 15 is 0 Å². The van der Waals surface area contributed by atoms with Crippen LogP contribution in [0.2, 0.25) is 0 Å². The number of ether oxygens (including phenoxy) is 2. The molecule has 0 bridgehead atoms. The lowest BCUT2D eigenvalue weighted by Gasteiger charge is -2.24. The van der Waals surface area contributed by atoms with Crippen LogP contribution in [0.3, 0.4) is 0 Å². The lowest BCUT2D eigenvalue weighted by atomic mass is 9.95. The number of nitrogens with one attached hydrogen (secondary N) is 1. The summed E-state index contributed by atoms with van der Waals surface area (Å²) in [4.78, 5) is 12.9. The Morgan fingerprint density at radius 2 is 1.46 bits per heavy atom. The Hall–Kier alpha value is -3.27. The van der Waals surface area contributed by atoms with Gasteiger partial charge in [-0.3, -0.25) is 4.79 Å². The van der Waals surface area contributed by atoms with Crippen LogP contribution >= 0.6 is 0 Å². The molecule has 1 N–H and O–H groups in total. The van der Waals surface area contributed by atoms with E-state index in [1.807, 2.05) is 48.5 Å². The summed E-state index contributed by atoms with van der Waals surface area (Å²) in [7, 11) is 1.61. The molecule has 0 radical (unpaired) electrons. The van der Waals surface area contributed by atoms with Crippen molar-refractivity contribution in [2.75, 3.05) is 7.11 Å². The second kappa shape index (κ2) is 9.09. The molecule has 2 atom stereocenters.